The summed E-state index contributed by atoms with van der Waals surface area (Å²) in [5.74, 6) is -0.0634. The Morgan fingerprint density at radius 3 is 0.984 bits per heavy atom. The van der Waals surface area contributed by atoms with Crippen molar-refractivity contribution in [3.63, 3.8) is 0 Å². The van der Waals surface area contributed by atoms with Gasteiger partial charge in [0, 0.05) is 0 Å². The van der Waals surface area contributed by atoms with Crippen molar-refractivity contribution < 1.29 is 82.2 Å². The molecule has 0 aliphatic rings. The molecule has 0 radical (unpaired) electrons. The van der Waals surface area contributed by atoms with E-state index in [2.05, 4.69) is 19.9 Å². The minimum atomic E-state index is -6.04. The fourth-order valence-electron chi connectivity index (χ4n) is 6.50. The van der Waals surface area contributed by atoms with Crippen LogP contribution >= 0.6 is 0 Å². The van der Waals surface area contributed by atoms with Crippen molar-refractivity contribution in [3.05, 3.63) is 121 Å². The van der Waals surface area contributed by atoms with Crippen molar-refractivity contribution >= 4 is 105 Å². The maximum absolute atomic E-state index is 12.7. The molecular weight excluding hydrogens is 931 g/mol. The van der Waals surface area contributed by atoms with Gasteiger partial charge in [-0.15, -0.1) is 3.63 Å². The van der Waals surface area contributed by atoms with Gasteiger partial charge in [-0.05, 0) is 125 Å². The van der Waals surface area contributed by atoms with Gasteiger partial charge in [0.25, 0.3) is 10.1 Å². The van der Waals surface area contributed by atoms with Crippen molar-refractivity contribution in [1.29, 1.82) is 0 Å². The minimum absolute atomic E-state index is 0.000755. The first-order valence-corrected chi connectivity index (χ1v) is 23.8. The molecule has 0 amide bonds. The van der Waals surface area contributed by atoms with Crippen LogP contribution in [0.2, 0.25) is 0 Å². The third-order valence-electron chi connectivity index (χ3n) is 8.82. The molecule has 0 atom stereocenters. The van der Waals surface area contributed by atoms with Gasteiger partial charge in [-0.3, -0.25) is 0 Å². The van der Waals surface area contributed by atoms with Crippen molar-refractivity contribution in [2.75, 3.05) is 12.5 Å². The van der Waals surface area contributed by atoms with E-state index in [0.717, 1.165) is 61.5 Å². The van der Waals surface area contributed by atoms with E-state index >= 15 is 0 Å². The number of phenols is 2. The molecule has 0 bridgehead atoms. The van der Waals surface area contributed by atoms with E-state index in [-0.39, 0.29) is 23.5 Å². The largest absolute Gasteiger partial charge is 0.534 e. The quantitative estimate of drug-likeness (QED) is 0.0692. The Hall–Kier alpha value is -6.14. The summed E-state index contributed by atoms with van der Waals surface area (Å²) in [7, 11) is -20.4. The topological polar surface area (TPSA) is 205 Å². The van der Waals surface area contributed by atoms with Gasteiger partial charge in [-0.2, -0.15) is 60.0 Å². The van der Waals surface area contributed by atoms with Gasteiger partial charge >= 0.3 is 41.4 Å². The molecule has 13 nitrogen and oxygen atoms in total. The summed E-state index contributed by atoms with van der Waals surface area (Å²) in [6.07, 6.45) is 1.07. The lowest BCUT2D eigenvalue weighted by molar-refractivity contribution is -0.0503. The Balaban J connectivity index is 0.000000176. The molecule has 0 aliphatic carbocycles. The van der Waals surface area contributed by atoms with Gasteiger partial charge in [-0.1, -0.05) is 60.7 Å². The molecule has 0 saturated carbocycles. The highest BCUT2D eigenvalue weighted by molar-refractivity contribution is 8.00. The Labute approximate surface area is 353 Å². The number of phenolic OH excluding ortho intramolecular Hbond substituents is 2. The molecule has 0 fully saturated rings. The van der Waals surface area contributed by atoms with Crippen LogP contribution in [0.15, 0.2) is 121 Å². The third-order valence-corrected chi connectivity index (χ3v) is 12.6. The second-order valence-electron chi connectivity index (χ2n) is 13.4. The van der Waals surface area contributed by atoms with Crippen LogP contribution < -0.4 is 8.37 Å². The fraction of sp³-hybridized carbons (Fsp3) is 0.100. The Bertz CT molecular complexity index is 3500. The van der Waals surface area contributed by atoms with Crippen LogP contribution in [0.5, 0.6) is 23.0 Å². The number of hydrogen-bond donors (Lipinski definition) is 2. The van der Waals surface area contributed by atoms with E-state index in [0.29, 0.717) is 21.5 Å². The third kappa shape index (κ3) is 10.2. The molecule has 0 unspecified atom stereocenters. The van der Waals surface area contributed by atoms with Crippen molar-refractivity contribution in [2.24, 2.45) is 0 Å². The summed E-state index contributed by atoms with van der Waals surface area (Å²) >= 11 is 0. The lowest BCUT2D eigenvalue weighted by atomic mass is 9.94. The molecule has 0 heterocycles. The van der Waals surface area contributed by atoms with Crippen LogP contribution in [0.4, 0.5) is 26.3 Å². The van der Waals surface area contributed by atoms with E-state index in [4.69, 9.17) is 4.18 Å². The average Bonchev–Trinajstić information content (AvgIpc) is 3.16. The van der Waals surface area contributed by atoms with Crippen LogP contribution in [0, 0.1) is 0 Å². The van der Waals surface area contributed by atoms with Crippen LogP contribution in [0.1, 0.15) is 0 Å². The monoisotopic (exact) mass is 958 g/mol. The van der Waals surface area contributed by atoms with E-state index < -0.39 is 57.2 Å². The number of alkyl halides is 6. The molecule has 0 saturated heterocycles. The van der Waals surface area contributed by atoms with Gasteiger partial charge in [0.05, 0.1) is 12.5 Å². The first kappa shape index (κ1) is 46.4. The number of halogens is 6. The predicted octanol–water partition coefficient (Wildman–Crippen LogP) is 9.08. The van der Waals surface area contributed by atoms with Crippen molar-refractivity contribution in [3.8, 4) is 23.0 Å². The molecule has 23 heteroatoms. The Kier molecular flexibility index (Phi) is 12.2. The summed E-state index contributed by atoms with van der Waals surface area (Å²) < 4.78 is 170. The molecule has 2 N–H and O–H groups in total. The summed E-state index contributed by atoms with van der Waals surface area (Å²) in [5.41, 5.74) is -11.3. The Morgan fingerprint density at radius 1 is 0.381 bits per heavy atom. The van der Waals surface area contributed by atoms with Crippen LogP contribution in [0.25, 0.3) is 64.6 Å². The molecule has 8 rings (SSSR count). The van der Waals surface area contributed by atoms with E-state index in [1.807, 2.05) is 42.5 Å². The van der Waals surface area contributed by atoms with Gasteiger partial charge in [0.2, 0.25) is 0 Å². The molecule has 8 aromatic rings. The first-order valence-electron chi connectivity index (χ1n) is 17.3. The fourth-order valence-corrected chi connectivity index (χ4v) is 9.02. The molecule has 332 valence electrons. The smallest absolute Gasteiger partial charge is 0.508 e. The zero-order valence-electron chi connectivity index (χ0n) is 31.8. The number of aromatic hydroxyl groups is 2. The zero-order valence-corrected chi connectivity index (χ0v) is 35.1. The number of hydrogen-bond acceptors (Lipinski definition) is 13. The zero-order chi connectivity index (χ0) is 46.5. The molecule has 8 aromatic carbocycles. The molecule has 63 heavy (non-hydrogen) atoms. The maximum Gasteiger partial charge on any atom is 0.534 e. The van der Waals surface area contributed by atoms with E-state index in [1.54, 1.807) is 36.4 Å². The van der Waals surface area contributed by atoms with Crippen molar-refractivity contribution in [1.82, 2.24) is 0 Å². The maximum atomic E-state index is 12.7. The summed E-state index contributed by atoms with van der Waals surface area (Å²) in [6, 6.07) is 34.4. The highest BCUT2D eigenvalue weighted by atomic mass is 32.3. The first-order chi connectivity index (χ1) is 29.1. The second-order valence-corrected chi connectivity index (χ2v) is 19.8. The van der Waals surface area contributed by atoms with Gasteiger partial charge in [0.15, 0.2) is 0 Å². The minimum Gasteiger partial charge on any atom is -0.508 e. The van der Waals surface area contributed by atoms with Crippen LogP contribution in [-0.4, -0.2) is 67.4 Å². The molecule has 0 aromatic heterocycles. The van der Waals surface area contributed by atoms with Gasteiger partial charge in [-0.25, -0.2) is 0 Å². The van der Waals surface area contributed by atoms with E-state index in [1.165, 1.54) is 18.2 Å². The lowest BCUT2D eigenvalue weighted by Gasteiger charge is -2.14. The van der Waals surface area contributed by atoms with Crippen LogP contribution in [0.3, 0.4) is 0 Å². The second kappa shape index (κ2) is 16.5. The predicted molar refractivity (Wildman–Crippen MR) is 223 cm³/mol. The van der Waals surface area contributed by atoms with Gasteiger partial charge < -0.3 is 18.6 Å². The molecule has 0 spiro atoms. The average molecular weight is 959 g/mol. The number of rotatable bonds is 6. The highest BCUT2D eigenvalue weighted by Crippen LogP contribution is 2.40. The summed E-state index contributed by atoms with van der Waals surface area (Å²) in [5, 5.41) is 29.6. The number of fused-ring (bicyclic) bond motifs is 12. The SMILES string of the molecule is CS(=O)(=O)OS(=O)(=O)C(F)(F)F.CS(=O)(=O)Oc1ccc2c3ccccc3c3ccc(OS(=O)(=O)C(F)(F)F)cc3c2c1.Oc1ccc2c3ccccc3c3ccc(O)cc3c2c1. The number of benzene rings is 8. The van der Waals surface area contributed by atoms with Crippen molar-refractivity contribution in [2.45, 2.75) is 11.0 Å². The van der Waals surface area contributed by atoms with Gasteiger partial charge in [0.1, 0.15) is 23.0 Å². The molecular formula is C40H28F6O13S4. The normalized spacial score (nSPS) is 12.8. The molecule has 0 aliphatic heterocycles. The summed E-state index contributed by atoms with van der Waals surface area (Å²) in [6.45, 7) is 0. The highest BCUT2D eigenvalue weighted by Gasteiger charge is 2.50. The Morgan fingerprint density at radius 2 is 0.683 bits per heavy atom. The summed E-state index contributed by atoms with van der Waals surface area (Å²) in [4.78, 5) is 0. The van der Waals surface area contributed by atoms with E-state index in [9.17, 15) is 70.2 Å². The standard InChI is InChI=1S/C20H13F3O6S2.C18H12O2.C2H3F3O5S2/c1-30(24,25)28-12-6-8-16-14-4-2-3-5-15(14)17-9-7-13(11-19(17)18(16)10-12)29-31(26,27)20(21,22)23;19-11-5-7-15-13-3-1-2-4-14(13)16-8-6-12(20)10-18(16)17(15)9-11;1-11(6,7)10-12(8,9)2(3,4)5/h2-11H,1H3;1-10,19-20H;1H3. The lowest BCUT2D eigenvalue weighted by Crippen LogP contribution is -2.28. The van der Waals surface area contributed by atoms with Crippen LogP contribution in [-0.2, 0) is 44.1 Å².